The van der Waals surface area contributed by atoms with Gasteiger partial charge in [-0.3, -0.25) is 4.40 Å². The molecule has 0 aliphatic heterocycles. The lowest BCUT2D eigenvalue weighted by atomic mass is 9.78. The Bertz CT molecular complexity index is 598. The molecule has 2 aromatic rings. The van der Waals surface area contributed by atoms with Gasteiger partial charge in [-0.1, -0.05) is 26.7 Å². The van der Waals surface area contributed by atoms with Gasteiger partial charge in [-0.05, 0) is 32.1 Å². The number of hydrogen-bond acceptors (Lipinski definition) is 3. The second-order valence-electron chi connectivity index (χ2n) is 6.39. The van der Waals surface area contributed by atoms with Crippen molar-refractivity contribution >= 4 is 16.3 Å². The normalized spacial score (nSPS) is 27.3. The molecule has 0 aromatic carbocycles. The maximum atomic E-state index is 4.67. The van der Waals surface area contributed by atoms with Crippen molar-refractivity contribution < 1.29 is 0 Å². The first-order valence-corrected chi connectivity index (χ1v) is 8.61. The van der Waals surface area contributed by atoms with E-state index in [1.807, 2.05) is 0 Å². The number of rotatable bonds is 3. The van der Waals surface area contributed by atoms with Crippen LogP contribution in [-0.2, 0) is 6.54 Å². The molecule has 2 aromatic heterocycles. The summed E-state index contributed by atoms with van der Waals surface area (Å²) < 4.78 is 2.31. The highest BCUT2D eigenvalue weighted by atomic mass is 32.1. The summed E-state index contributed by atoms with van der Waals surface area (Å²) in [4.78, 5) is 5.80. The summed E-state index contributed by atoms with van der Waals surface area (Å²) in [7, 11) is 0. The summed E-state index contributed by atoms with van der Waals surface area (Å²) in [5.74, 6) is 1.62. The van der Waals surface area contributed by atoms with Crippen LogP contribution >= 0.6 is 11.3 Å². The molecule has 4 heteroatoms. The van der Waals surface area contributed by atoms with Gasteiger partial charge < -0.3 is 5.32 Å². The highest BCUT2D eigenvalue weighted by Gasteiger charge is 2.27. The molecule has 3 unspecified atom stereocenters. The van der Waals surface area contributed by atoms with Crippen LogP contribution < -0.4 is 5.32 Å². The van der Waals surface area contributed by atoms with Crippen LogP contribution in [0.15, 0.2) is 5.38 Å². The molecule has 20 heavy (non-hydrogen) atoms. The monoisotopic (exact) mass is 291 g/mol. The number of fused-ring (bicyclic) bond motifs is 1. The van der Waals surface area contributed by atoms with Gasteiger partial charge >= 0.3 is 0 Å². The van der Waals surface area contributed by atoms with E-state index < -0.39 is 0 Å². The smallest absolute Gasteiger partial charge is 0.194 e. The molecular formula is C16H25N3S. The summed E-state index contributed by atoms with van der Waals surface area (Å²) in [6.45, 7) is 10.0. The summed E-state index contributed by atoms with van der Waals surface area (Å²) in [5.41, 5.74) is 3.81. The molecule has 1 aliphatic carbocycles. The van der Waals surface area contributed by atoms with Gasteiger partial charge in [0.15, 0.2) is 4.96 Å². The van der Waals surface area contributed by atoms with E-state index in [1.54, 1.807) is 11.3 Å². The van der Waals surface area contributed by atoms with Crippen LogP contribution in [-0.4, -0.2) is 15.4 Å². The first kappa shape index (κ1) is 14.1. The van der Waals surface area contributed by atoms with Crippen LogP contribution in [0.5, 0.6) is 0 Å². The zero-order valence-electron chi connectivity index (χ0n) is 12.9. The van der Waals surface area contributed by atoms with E-state index in [1.165, 1.54) is 36.3 Å². The second kappa shape index (κ2) is 5.49. The van der Waals surface area contributed by atoms with Gasteiger partial charge in [0.1, 0.15) is 0 Å². The zero-order chi connectivity index (χ0) is 14.3. The van der Waals surface area contributed by atoms with Crippen molar-refractivity contribution in [2.24, 2.45) is 11.8 Å². The molecule has 2 heterocycles. The van der Waals surface area contributed by atoms with E-state index in [4.69, 9.17) is 0 Å². The third-order valence-electron chi connectivity index (χ3n) is 5.07. The zero-order valence-corrected chi connectivity index (χ0v) is 13.8. The van der Waals surface area contributed by atoms with Gasteiger partial charge in [-0.2, -0.15) is 0 Å². The van der Waals surface area contributed by atoms with E-state index in [0.717, 1.165) is 23.3 Å². The van der Waals surface area contributed by atoms with Crippen molar-refractivity contribution in [1.29, 1.82) is 0 Å². The Labute approximate surface area is 125 Å². The predicted molar refractivity (Wildman–Crippen MR) is 85.3 cm³/mol. The summed E-state index contributed by atoms with van der Waals surface area (Å²) in [5, 5.41) is 5.99. The molecule has 0 saturated heterocycles. The maximum Gasteiger partial charge on any atom is 0.194 e. The maximum absolute atomic E-state index is 4.67. The molecular weight excluding hydrogens is 266 g/mol. The Morgan fingerprint density at radius 3 is 2.95 bits per heavy atom. The molecule has 3 nitrogen and oxygen atoms in total. The highest BCUT2D eigenvalue weighted by molar-refractivity contribution is 7.15. The number of thiazole rings is 1. The molecule has 0 spiro atoms. The van der Waals surface area contributed by atoms with Crippen molar-refractivity contribution in [1.82, 2.24) is 14.7 Å². The second-order valence-corrected chi connectivity index (χ2v) is 7.23. The van der Waals surface area contributed by atoms with E-state index in [-0.39, 0.29) is 0 Å². The van der Waals surface area contributed by atoms with Gasteiger partial charge in [0.2, 0.25) is 0 Å². The third kappa shape index (κ3) is 2.40. The standard InChI is InChI=1S/C16H25N3S/c1-10-6-5-7-14(12(10)3)17-8-15-13(4)18-16-19(15)11(2)9-20-16/h9-10,12,14,17H,5-8H2,1-4H3. The van der Waals surface area contributed by atoms with Crippen LogP contribution in [0.1, 0.15) is 50.2 Å². The fourth-order valence-electron chi connectivity index (χ4n) is 3.47. The van der Waals surface area contributed by atoms with E-state index in [2.05, 4.69) is 47.8 Å². The average Bonchev–Trinajstić information content (AvgIpc) is 2.92. The fraction of sp³-hybridized carbons (Fsp3) is 0.688. The molecule has 1 aliphatic rings. The first-order valence-electron chi connectivity index (χ1n) is 7.73. The number of imidazole rings is 1. The molecule has 0 radical (unpaired) electrons. The van der Waals surface area contributed by atoms with E-state index in [9.17, 15) is 0 Å². The number of aromatic nitrogens is 2. The van der Waals surface area contributed by atoms with Gasteiger partial charge in [0.05, 0.1) is 11.4 Å². The van der Waals surface area contributed by atoms with Gasteiger partial charge in [-0.15, -0.1) is 11.3 Å². The van der Waals surface area contributed by atoms with Crippen LogP contribution in [0, 0.1) is 25.7 Å². The van der Waals surface area contributed by atoms with Gasteiger partial charge in [-0.25, -0.2) is 4.98 Å². The molecule has 110 valence electrons. The van der Waals surface area contributed by atoms with Crippen molar-refractivity contribution in [2.75, 3.05) is 0 Å². The SMILES string of the molecule is Cc1nc2scc(C)n2c1CNC1CCCC(C)C1C. The molecule has 0 amide bonds. The first-order chi connectivity index (χ1) is 9.58. The quantitative estimate of drug-likeness (QED) is 0.928. The minimum atomic E-state index is 0.655. The van der Waals surface area contributed by atoms with Crippen molar-refractivity contribution in [3.8, 4) is 0 Å². The van der Waals surface area contributed by atoms with Crippen LogP contribution in [0.3, 0.4) is 0 Å². The molecule has 1 saturated carbocycles. The summed E-state index contributed by atoms with van der Waals surface area (Å²) >= 11 is 1.74. The largest absolute Gasteiger partial charge is 0.308 e. The highest BCUT2D eigenvalue weighted by Crippen LogP contribution is 2.30. The minimum absolute atomic E-state index is 0.655. The molecule has 1 N–H and O–H groups in total. The van der Waals surface area contributed by atoms with Gasteiger partial charge in [0.25, 0.3) is 0 Å². The Morgan fingerprint density at radius 2 is 2.15 bits per heavy atom. The number of aryl methyl sites for hydroxylation is 2. The fourth-order valence-corrected chi connectivity index (χ4v) is 4.40. The lowest BCUT2D eigenvalue weighted by molar-refractivity contribution is 0.205. The number of nitrogens with one attached hydrogen (secondary N) is 1. The van der Waals surface area contributed by atoms with E-state index >= 15 is 0 Å². The van der Waals surface area contributed by atoms with Crippen LogP contribution in [0.2, 0.25) is 0 Å². The van der Waals surface area contributed by atoms with Crippen LogP contribution in [0.4, 0.5) is 0 Å². The predicted octanol–water partition coefficient (Wildman–Crippen LogP) is 3.93. The topological polar surface area (TPSA) is 29.3 Å². The van der Waals surface area contributed by atoms with Crippen molar-refractivity contribution in [2.45, 2.75) is 59.5 Å². The third-order valence-corrected chi connectivity index (χ3v) is 6.01. The summed E-state index contributed by atoms with van der Waals surface area (Å²) in [6.07, 6.45) is 4.06. The lowest BCUT2D eigenvalue weighted by Crippen LogP contribution is -2.40. The molecule has 3 rings (SSSR count). The van der Waals surface area contributed by atoms with Crippen molar-refractivity contribution in [3.63, 3.8) is 0 Å². The number of hydrogen-bond donors (Lipinski definition) is 1. The Kier molecular flexibility index (Phi) is 3.87. The molecule has 3 atom stereocenters. The molecule has 1 fully saturated rings. The molecule has 0 bridgehead atoms. The Balaban J connectivity index is 1.76. The lowest BCUT2D eigenvalue weighted by Gasteiger charge is -2.34. The number of nitrogens with zero attached hydrogens (tertiary/aromatic N) is 2. The van der Waals surface area contributed by atoms with Gasteiger partial charge in [0, 0.05) is 23.7 Å². The van der Waals surface area contributed by atoms with Crippen molar-refractivity contribution in [3.05, 3.63) is 22.5 Å². The van der Waals surface area contributed by atoms with E-state index in [0.29, 0.717) is 6.04 Å². The average molecular weight is 291 g/mol. The minimum Gasteiger partial charge on any atom is -0.308 e. The van der Waals surface area contributed by atoms with Crippen LogP contribution in [0.25, 0.3) is 4.96 Å². The summed E-state index contributed by atoms with van der Waals surface area (Å²) in [6, 6.07) is 0.655. The Hall–Kier alpha value is -0.870. The Morgan fingerprint density at radius 1 is 1.35 bits per heavy atom.